The monoisotopic (exact) mass is 290 g/mol. The normalized spacial score (nSPS) is 10.7. The summed E-state index contributed by atoms with van der Waals surface area (Å²) < 4.78 is 4.61. The van der Waals surface area contributed by atoms with Crippen LogP contribution in [0.3, 0.4) is 0 Å². The summed E-state index contributed by atoms with van der Waals surface area (Å²) in [6.45, 7) is 0. The van der Waals surface area contributed by atoms with Crippen molar-refractivity contribution in [3.63, 3.8) is 0 Å². The van der Waals surface area contributed by atoms with E-state index in [0.29, 0.717) is 16.2 Å². The average Bonchev–Trinajstić information content (AvgIpc) is 2.90. The standard InChI is InChI=1S/C12H7ClN4O3/c13-7-3-1-2-4-8(7)14-12-10(17(18)19)6-5-9-11(12)16-20-15-9/h1-6,14H. The number of halogens is 1. The van der Waals surface area contributed by atoms with E-state index >= 15 is 0 Å². The summed E-state index contributed by atoms with van der Waals surface area (Å²) in [5, 5.41) is 21.8. The zero-order chi connectivity index (χ0) is 14.1. The Bertz CT molecular complexity index is 802. The summed E-state index contributed by atoms with van der Waals surface area (Å²) in [6.07, 6.45) is 0. The lowest BCUT2D eigenvalue weighted by atomic mass is 10.2. The number of hydrogen-bond donors (Lipinski definition) is 1. The maximum atomic E-state index is 11.1. The Balaban J connectivity index is 2.18. The maximum absolute atomic E-state index is 11.1. The molecule has 0 saturated heterocycles. The Morgan fingerprint density at radius 3 is 2.75 bits per heavy atom. The molecule has 0 saturated carbocycles. The fourth-order valence-electron chi connectivity index (χ4n) is 1.81. The van der Waals surface area contributed by atoms with Crippen LogP contribution < -0.4 is 5.32 Å². The van der Waals surface area contributed by atoms with Crippen molar-refractivity contribution >= 4 is 39.7 Å². The van der Waals surface area contributed by atoms with Crippen LogP contribution in [0.4, 0.5) is 17.1 Å². The summed E-state index contributed by atoms with van der Waals surface area (Å²) in [7, 11) is 0. The van der Waals surface area contributed by atoms with Crippen molar-refractivity contribution in [2.75, 3.05) is 5.32 Å². The van der Waals surface area contributed by atoms with Gasteiger partial charge in [-0.2, -0.15) is 0 Å². The lowest BCUT2D eigenvalue weighted by molar-refractivity contribution is -0.383. The van der Waals surface area contributed by atoms with Gasteiger partial charge in [-0.1, -0.05) is 23.7 Å². The average molecular weight is 291 g/mol. The van der Waals surface area contributed by atoms with Gasteiger partial charge in [0, 0.05) is 6.07 Å². The number of hydrogen-bond acceptors (Lipinski definition) is 6. The molecule has 0 radical (unpaired) electrons. The van der Waals surface area contributed by atoms with E-state index in [1.54, 1.807) is 24.3 Å². The third-order valence-electron chi connectivity index (χ3n) is 2.74. The molecule has 0 bridgehead atoms. The zero-order valence-electron chi connectivity index (χ0n) is 9.91. The number of aromatic nitrogens is 2. The van der Waals surface area contributed by atoms with E-state index in [1.807, 2.05) is 0 Å². The number of nitro benzene ring substituents is 1. The van der Waals surface area contributed by atoms with E-state index < -0.39 is 4.92 Å². The molecule has 8 heteroatoms. The SMILES string of the molecule is O=[N+]([O-])c1ccc2nonc2c1Nc1ccccc1Cl. The predicted octanol–water partition coefficient (Wildman–Crippen LogP) is 3.53. The first-order valence-electron chi connectivity index (χ1n) is 5.58. The van der Waals surface area contributed by atoms with E-state index in [2.05, 4.69) is 20.3 Å². The quantitative estimate of drug-likeness (QED) is 0.586. The number of anilines is 2. The molecular formula is C12H7ClN4O3. The van der Waals surface area contributed by atoms with Crippen LogP contribution in [-0.2, 0) is 0 Å². The summed E-state index contributed by atoms with van der Waals surface area (Å²) >= 11 is 6.04. The van der Waals surface area contributed by atoms with Gasteiger partial charge in [0.25, 0.3) is 5.69 Å². The van der Waals surface area contributed by atoms with Crippen LogP contribution in [0.5, 0.6) is 0 Å². The molecule has 1 aromatic heterocycles. The van der Waals surface area contributed by atoms with Crippen molar-refractivity contribution < 1.29 is 9.55 Å². The minimum Gasteiger partial charge on any atom is -0.347 e. The first-order valence-corrected chi connectivity index (χ1v) is 5.96. The number of fused-ring (bicyclic) bond motifs is 1. The number of nitro groups is 1. The number of nitrogens with one attached hydrogen (secondary N) is 1. The van der Waals surface area contributed by atoms with Crippen LogP contribution in [0.15, 0.2) is 41.0 Å². The molecule has 0 aliphatic rings. The molecule has 20 heavy (non-hydrogen) atoms. The van der Waals surface area contributed by atoms with Crippen LogP contribution in [-0.4, -0.2) is 15.2 Å². The van der Waals surface area contributed by atoms with Gasteiger partial charge in [-0.3, -0.25) is 10.1 Å². The molecule has 1 N–H and O–H groups in total. The van der Waals surface area contributed by atoms with E-state index in [1.165, 1.54) is 12.1 Å². The third kappa shape index (κ3) is 2.04. The van der Waals surface area contributed by atoms with Crippen molar-refractivity contribution in [1.82, 2.24) is 10.3 Å². The van der Waals surface area contributed by atoms with Crippen molar-refractivity contribution in [2.45, 2.75) is 0 Å². The highest BCUT2D eigenvalue weighted by molar-refractivity contribution is 6.33. The minimum atomic E-state index is -0.507. The molecule has 0 spiro atoms. The Labute approximate surface area is 117 Å². The number of benzene rings is 2. The Morgan fingerprint density at radius 2 is 2.00 bits per heavy atom. The van der Waals surface area contributed by atoms with Crippen molar-refractivity contribution in [3.05, 3.63) is 51.5 Å². The van der Waals surface area contributed by atoms with Crippen molar-refractivity contribution in [2.24, 2.45) is 0 Å². The van der Waals surface area contributed by atoms with Gasteiger partial charge < -0.3 is 5.32 Å². The highest BCUT2D eigenvalue weighted by atomic mass is 35.5. The van der Waals surface area contributed by atoms with E-state index in [-0.39, 0.29) is 16.9 Å². The lowest BCUT2D eigenvalue weighted by Gasteiger charge is -2.08. The van der Waals surface area contributed by atoms with Gasteiger partial charge >= 0.3 is 0 Å². The molecule has 7 nitrogen and oxygen atoms in total. The second kappa shape index (κ2) is 4.78. The Kier molecular flexibility index (Phi) is 2.96. The molecule has 100 valence electrons. The molecule has 3 rings (SSSR count). The van der Waals surface area contributed by atoms with Gasteiger partial charge in [0.2, 0.25) is 0 Å². The summed E-state index contributed by atoms with van der Waals surface area (Å²) in [5.41, 5.74) is 1.30. The third-order valence-corrected chi connectivity index (χ3v) is 3.07. The number of nitrogens with zero attached hydrogens (tertiary/aromatic N) is 3. The second-order valence-corrected chi connectivity index (χ2v) is 4.36. The van der Waals surface area contributed by atoms with Gasteiger partial charge in [0.05, 0.1) is 15.6 Å². The predicted molar refractivity (Wildman–Crippen MR) is 73.2 cm³/mol. The summed E-state index contributed by atoms with van der Waals surface area (Å²) in [5.74, 6) is 0. The lowest BCUT2D eigenvalue weighted by Crippen LogP contribution is -1.98. The molecule has 0 aliphatic heterocycles. The van der Waals surface area contributed by atoms with Crippen molar-refractivity contribution in [1.29, 1.82) is 0 Å². The molecule has 0 amide bonds. The maximum Gasteiger partial charge on any atom is 0.295 e. The summed E-state index contributed by atoms with van der Waals surface area (Å²) in [6, 6.07) is 9.73. The van der Waals surface area contributed by atoms with Gasteiger partial charge in [0.1, 0.15) is 11.2 Å². The molecule has 2 aromatic carbocycles. The first-order chi connectivity index (χ1) is 9.66. The fourth-order valence-corrected chi connectivity index (χ4v) is 2.00. The molecule has 3 aromatic rings. The van der Waals surface area contributed by atoms with E-state index in [4.69, 9.17) is 11.6 Å². The second-order valence-electron chi connectivity index (χ2n) is 3.95. The van der Waals surface area contributed by atoms with Gasteiger partial charge in [-0.25, -0.2) is 4.63 Å². The van der Waals surface area contributed by atoms with Gasteiger partial charge in [-0.15, -0.1) is 0 Å². The van der Waals surface area contributed by atoms with E-state index in [9.17, 15) is 10.1 Å². The van der Waals surface area contributed by atoms with Gasteiger partial charge in [0.15, 0.2) is 5.52 Å². The topological polar surface area (TPSA) is 94.1 Å². The van der Waals surface area contributed by atoms with Crippen LogP contribution in [0, 0.1) is 10.1 Å². The van der Waals surface area contributed by atoms with Crippen molar-refractivity contribution in [3.8, 4) is 0 Å². The van der Waals surface area contributed by atoms with Gasteiger partial charge in [-0.05, 0) is 28.5 Å². The number of rotatable bonds is 3. The molecule has 1 heterocycles. The molecule has 0 atom stereocenters. The highest BCUT2D eigenvalue weighted by Gasteiger charge is 2.21. The Morgan fingerprint density at radius 1 is 1.20 bits per heavy atom. The highest BCUT2D eigenvalue weighted by Crippen LogP contribution is 2.35. The largest absolute Gasteiger partial charge is 0.347 e. The van der Waals surface area contributed by atoms with E-state index in [0.717, 1.165) is 0 Å². The molecule has 0 aliphatic carbocycles. The van der Waals surface area contributed by atoms with Crippen LogP contribution in [0.25, 0.3) is 11.0 Å². The van der Waals surface area contributed by atoms with Crippen LogP contribution in [0.2, 0.25) is 5.02 Å². The molecule has 0 fully saturated rings. The van der Waals surface area contributed by atoms with Crippen LogP contribution in [0.1, 0.15) is 0 Å². The number of para-hydroxylation sites is 1. The summed E-state index contributed by atoms with van der Waals surface area (Å²) in [4.78, 5) is 10.6. The first kappa shape index (κ1) is 12.4. The Hall–Kier alpha value is -2.67. The smallest absolute Gasteiger partial charge is 0.295 e. The van der Waals surface area contributed by atoms with Crippen LogP contribution >= 0.6 is 11.6 Å². The fraction of sp³-hybridized carbons (Fsp3) is 0. The minimum absolute atomic E-state index is 0.131. The molecule has 0 unspecified atom stereocenters. The zero-order valence-corrected chi connectivity index (χ0v) is 10.7. The molecular weight excluding hydrogens is 284 g/mol.